The topological polar surface area (TPSA) is 114 Å². The van der Waals surface area contributed by atoms with E-state index in [0.717, 1.165) is 42.5 Å². The van der Waals surface area contributed by atoms with Crippen molar-refractivity contribution in [3.63, 3.8) is 0 Å². The zero-order valence-electron chi connectivity index (χ0n) is 17.3. The van der Waals surface area contributed by atoms with E-state index in [-0.39, 0.29) is 4.90 Å². The number of hydrazine groups is 1. The summed E-state index contributed by atoms with van der Waals surface area (Å²) in [4.78, 5) is 14.1. The van der Waals surface area contributed by atoms with Crippen molar-refractivity contribution >= 4 is 27.6 Å². The van der Waals surface area contributed by atoms with E-state index in [0.29, 0.717) is 43.8 Å². The van der Waals surface area contributed by atoms with Crippen LogP contribution in [-0.2, 0) is 27.6 Å². The second-order valence-corrected chi connectivity index (χ2v) is 9.54. The number of nitrogens with one attached hydrogen (secondary N) is 2. The lowest BCUT2D eigenvalue weighted by atomic mass is 9.96. The summed E-state index contributed by atoms with van der Waals surface area (Å²) in [7, 11) is -3.75. The summed E-state index contributed by atoms with van der Waals surface area (Å²) in [5.74, 6) is 1.60. The summed E-state index contributed by atoms with van der Waals surface area (Å²) in [6.45, 7) is 4.58. The average Bonchev–Trinajstić information content (AvgIpc) is 3.21. The van der Waals surface area contributed by atoms with Crippen LogP contribution in [0, 0.1) is 6.92 Å². The summed E-state index contributed by atoms with van der Waals surface area (Å²) >= 11 is 0. The molecule has 0 spiro atoms. The maximum atomic E-state index is 12.8. The Morgan fingerprint density at radius 1 is 1.03 bits per heavy atom. The molecule has 0 saturated carbocycles. The SMILES string of the molecule is Cc1ccc(S(=O)(=O)NNc2c3c(nc4nc(N5CCOCC5)nn24)CCCC3)cc1. The van der Waals surface area contributed by atoms with Crippen molar-refractivity contribution in [1.82, 2.24) is 24.4 Å². The van der Waals surface area contributed by atoms with Gasteiger partial charge in [0, 0.05) is 18.7 Å². The largest absolute Gasteiger partial charge is 0.378 e. The fourth-order valence-corrected chi connectivity index (χ4v) is 4.79. The van der Waals surface area contributed by atoms with Gasteiger partial charge >= 0.3 is 0 Å². The molecular weight excluding hydrogens is 418 g/mol. The van der Waals surface area contributed by atoms with Crippen molar-refractivity contribution in [2.75, 3.05) is 36.6 Å². The standard InChI is InChI=1S/C20H25N7O3S/c1-14-6-8-15(9-7-14)31(28,29)25-23-18-16-4-2-3-5-17(16)21-19-22-20(24-27(18)19)26-10-12-30-13-11-26/h6-9,23,25H,2-5,10-13H2,1H3. The molecule has 164 valence electrons. The highest BCUT2D eigenvalue weighted by molar-refractivity contribution is 7.89. The molecule has 1 aliphatic heterocycles. The Hall–Kier alpha value is -2.76. The van der Waals surface area contributed by atoms with Crippen LogP contribution in [0.1, 0.15) is 29.7 Å². The summed E-state index contributed by atoms with van der Waals surface area (Å²) in [5.41, 5.74) is 5.84. The molecule has 31 heavy (non-hydrogen) atoms. The number of ether oxygens (including phenoxy) is 1. The summed E-state index contributed by atoms with van der Waals surface area (Å²) in [6, 6.07) is 6.71. The molecule has 1 fully saturated rings. The van der Waals surface area contributed by atoms with Crippen LogP contribution < -0.4 is 15.2 Å². The van der Waals surface area contributed by atoms with E-state index in [4.69, 9.17) is 9.72 Å². The van der Waals surface area contributed by atoms with Crippen LogP contribution in [0.4, 0.5) is 11.8 Å². The van der Waals surface area contributed by atoms with Crippen LogP contribution in [0.15, 0.2) is 29.2 Å². The first-order chi connectivity index (χ1) is 15.0. The molecule has 10 nitrogen and oxygen atoms in total. The maximum absolute atomic E-state index is 12.8. The van der Waals surface area contributed by atoms with Crippen LogP contribution in [0.2, 0.25) is 0 Å². The van der Waals surface area contributed by atoms with Gasteiger partial charge in [0.15, 0.2) is 5.82 Å². The van der Waals surface area contributed by atoms with Crippen molar-refractivity contribution < 1.29 is 13.2 Å². The predicted octanol–water partition coefficient (Wildman–Crippen LogP) is 1.45. The molecule has 1 aliphatic carbocycles. The zero-order valence-corrected chi connectivity index (χ0v) is 18.2. The first-order valence-corrected chi connectivity index (χ1v) is 12.0. The Balaban J connectivity index is 1.51. The smallest absolute Gasteiger partial charge is 0.257 e. The lowest BCUT2D eigenvalue weighted by Gasteiger charge is -2.25. The number of sulfonamides is 1. The molecule has 11 heteroatoms. The third kappa shape index (κ3) is 3.95. The molecule has 0 atom stereocenters. The van der Waals surface area contributed by atoms with E-state index in [2.05, 4.69) is 25.2 Å². The predicted molar refractivity (Wildman–Crippen MR) is 116 cm³/mol. The second kappa shape index (κ2) is 8.06. The van der Waals surface area contributed by atoms with E-state index >= 15 is 0 Å². The molecule has 5 rings (SSSR count). The first kappa shape index (κ1) is 20.2. The van der Waals surface area contributed by atoms with Gasteiger partial charge in [-0.15, -0.1) is 9.93 Å². The van der Waals surface area contributed by atoms with E-state index in [1.807, 2.05) is 6.92 Å². The monoisotopic (exact) mass is 443 g/mol. The molecule has 0 radical (unpaired) electrons. The van der Waals surface area contributed by atoms with Gasteiger partial charge in [0.2, 0.25) is 5.95 Å². The van der Waals surface area contributed by atoms with Crippen molar-refractivity contribution in [2.24, 2.45) is 0 Å². The summed E-state index contributed by atoms with van der Waals surface area (Å²) in [6.07, 6.45) is 3.71. The number of aryl methyl sites for hydroxylation is 2. The zero-order chi connectivity index (χ0) is 21.4. The Morgan fingerprint density at radius 2 is 1.77 bits per heavy atom. The Labute approximate surface area is 180 Å². The van der Waals surface area contributed by atoms with Gasteiger partial charge in [0.1, 0.15) is 0 Å². The fraction of sp³-hybridized carbons (Fsp3) is 0.450. The van der Waals surface area contributed by atoms with Gasteiger partial charge in [-0.25, -0.2) is 13.4 Å². The molecule has 2 aliphatic rings. The highest BCUT2D eigenvalue weighted by Gasteiger charge is 2.24. The molecule has 0 unspecified atom stereocenters. The quantitative estimate of drug-likeness (QED) is 0.570. The van der Waals surface area contributed by atoms with E-state index in [1.54, 1.807) is 28.8 Å². The molecule has 1 aromatic carbocycles. The number of benzene rings is 1. The highest BCUT2D eigenvalue weighted by Crippen LogP contribution is 2.28. The van der Waals surface area contributed by atoms with Gasteiger partial charge in [-0.1, -0.05) is 17.7 Å². The number of rotatable bonds is 5. The number of hydrogen-bond donors (Lipinski definition) is 2. The number of hydrogen-bond acceptors (Lipinski definition) is 8. The van der Waals surface area contributed by atoms with Gasteiger partial charge in [-0.05, 0) is 44.7 Å². The molecule has 3 heterocycles. The van der Waals surface area contributed by atoms with E-state index in [1.165, 1.54) is 0 Å². The van der Waals surface area contributed by atoms with Crippen LogP contribution in [0.25, 0.3) is 5.78 Å². The van der Waals surface area contributed by atoms with Gasteiger partial charge in [0.05, 0.1) is 23.8 Å². The number of fused-ring (bicyclic) bond motifs is 2. The van der Waals surface area contributed by atoms with Crippen molar-refractivity contribution in [3.8, 4) is 0 Å². The molecule has 0 bridgehead atoms. The fourth-order valence-electron chi connectivity index (χ4n) is 3.95. The first-order valence-electron chi connectivity index (χ1n) is 10.5. The van der Waals surface area contributed by atoms with Gasteiger partial charge < -0.3 is 9.64 Å². The minimum atomic E-state index is -3.75. The Kier molecular flexibility index (Phi) is 5.24. The van der Waals surface area contributed by atoms with E-state index in [9.17, 15) is 8.42 Å². The molecule has 2 N–H and O–H groups in total. The van der Waals surface area contributed by atoms with Gasteiger partial charge in [-0.2, -0.15) is 9.50 Å². The highest BCUT2D eigenvalue weighted by atomic mass is 32.2. The molecule has 0 amide bonds. The van der Waals surface area contributed by atoms with Crippen molar-refractivity contribution in [3.05, 3.63) is 41.1 Å². The van der Waals surface area contributed by atoms with Crippen LogP contribution in [0.3, 0.4) is 0 Å². The van der Waals surface area contributed by atoms with Gasteiger partial charge in [-0.3, -0.25) is 5.43 Å². The number of aromatic nitrogens is 4. The number of anilines is 2. The normalized spacial score (nSPS) is 17.0. The van der Waals surface area contributed by atoms with Gasteiger partial charge in [0.25, 0.3) is 15.8 Å². The molecular formula is C20H25N7O3S. The number of morpholine rings is 1. The van der Waals surface area contributed by atoms with E-state index < -0.39 is 10.0 Å². The second-order valence-electron chi connectivity index (χ2n) is 7.86. The maximum Gasteiger partial charge on any atom is 0.257 e. The molecule has 2 aromatic heterocycles. The van der Waals surface area contributed by atoms with Crippen molar-refractivity contribution in [2.45, 2.75) is 37.5 Å². The minimum absolute atomic E-state index is 0.192. The molecule has 3 aromatic rings. The lowest BCUT2D eigenvalue weighted by molar-refractivity contribution is 0.122. The van der Waals surface area contributed by atoms with Crippen LogP contribution in [-0.4, -0.2) is 54.3 Å². The number of nitrogens with zero attached hydrogens (tertiary/aromatic N) is 5. The lowest BCUT2D eigenvalue weighted by Crippen LogP contribution is -2.37. The average molecular weight is 444 g/mol. The third-order valence-electron chi connectivity index (χ3n) is 5.68. The molecule has 1 saturated heterocycles. The third-order valence-corrected chi connectivity index (χ3v) is 6.94. The Bertz CT molecular complexity index is 1200. The minimum Gasteiger partial charge on any atom is -0.378 e. The summed E-state index contributed by atoms with van der Waals surface area (Å²) in [5, 5.41) is 4.65. The summed E-state index contributed by atoms with van der Waals surface area (Å²) < 4.78 is 32.7. The van der Waals surface area contributed by atoms with Crippen LogP contribution in [0.5, 0.6) is 0 Å². The van der Waals surface area contributed by atoms with Crippen LogP contribution >= 0.6 is 0 Å². The van der Waals surface area contributed by atoms with Crippen molar-refractivity contribution in [1.29, 1.82) is 0 Å². The Morgan fingerprint density at radius 3 is 2.55 bits per heavy atom.